The van der Waals surface area contributed by atoms with Gasteiger partial charge in [-0.3, -0.25) is 0 Å². The second-order valence-corrected chi connectivity index (χ2v) is 25.2. The van der Waals surface area contributed by atoms with Gasteiger partial charge in [0.1, 0.15) is 11.5 Å². The molecule has 0 saturated heterocycles. The Labute approximate surface area is 528 Å². The van der Waals surface area contributed by atoms with Gasteiger partial charge in [-0.15, -0.1) is 0 Å². The van der Waals surface area contributed by atoms with Crippen LogP contribution in [0.2, 0.25) is 0 Å². The van der Waals surface area contributed by atoms with E-state index in [0.717, 1.165) is 66.8 Å². The first-order valence-electron chi connectivity index (χ1n) is 31.8. The summed E-state index contributed by atoms with van der Waals surface area (Å²) < 4.78 is 7.34. The van der Waals surface area contributed by atoms with Crippen molar-refractivity contribution in [1.29, 1.82) is 0 Å². The van der Waals surface area contributed by atoms with E-state index in [2.05, 4.69) is 339 Å². The molecule has 1 aliphatic heterocycles. The molecule has 0 saturated carbocycles. The van der Waals surface area contributed by atoms with Crippen LogP contribution in [0.25, 0.3) is 77.2 Å². The maximum Gasteiger partial charge on any atom is 0.140 e. The van der Waals surface area contributed by atoms with Crippen molar-refractivity contribution in [2.24, 2.45) is 0 Å². The molecule has 4 aliphatic carbocycles. The van der Waals surface area contributed by atoms with Crippen LogP contribution in [0.1, 0.15) is 66.8 Å². The maximum atomic E-state index is 7.34. The molecule has 0 unspecified atom stereocenters. The Kier molecular flexibility index (Phi) is 10.4. The van der Waals surface area contributed by atoms with Gasteiger partial charge in [-0.2, -0.15) is 0 Å². The van der Waals surface area contributed by atoms with Gasteiger partial charge in [-0.25, -0.2) is 0 Å². The summed E-state index contributed by atoms with van der Waals surface area (Å²) in [6, 6.07) is 126. The molecule has 0 fully saturated rings. The van der Waals surface area contributed by atoms with Gasteiger partial charge in [0.25, 0.3) is 0 Å². The second-order valence-electron chi connectivity index (χ2n) is 25.2. The summed E-state index contributed by atoms with van der Waals surface area (Å²) in [5.74, 6) is 1.84. The van der Waals surface area contributed by atoms with E-state index < -0.39 is 16.2 Å². The average Bonchev–Trinajstić information content (AvgIpc) is 1.53. The highest BCUT2D eigenvalue weighted by Crippen LogP contribution is 2.68. The van der Waals surface area contributed by atoms with Crippen molar-refractivity contribution < 1.29 is 4.74 Å². The first-order chi connectivity index (χ1) is 45.2. The fraction of sp³-hybridized carbons (Fsp3) is 0.0337. The van der Waals surface area contributed by atoms with Crippen molar-refractivity contribution in [2.75, 3.05) is 4.90 Å². The second kappa shape index (κ2) is 18.7. The van der Waals surface area contributed by atoms with Gasteiger partial charge in [-0.05, 0) is 147 Å². The van der Waals surface area contributed by atoms with Gasteiger partial charge < -0.3 is 9.64 Å². The summed E-state index contributed by atoms with van der Waals surface area (Å²) in [7, 11) is 0. The van der Waals surface area contributed by atoms with E-state index in [0.29, 0.717) is 0 Å². The minimum atomic E-state index is -0.667. The summed E-state index contributed by atoms with van der Waals surface area (Å²) in [4.78, 5) is 2.57. The monoisotopic (exact) mass is 1150 g/mol. The van der Waals surface area contributed by atoms with Crippen LogP contribution >= 0.6 is 0 Å². The third kappa shape index (κ3) is 6.45. The number of anilines is 3. The zero-order chi connectivity index (χ0) is 59.6. The predicted octanol–water partition coefficient (Wildman–Crippen LogP) is 22.3. The molecule has 2 nitrogen and oxygen atoms in total. The van der Waals surface area contributed by atoms with Crippen molar-refractivity contribution in [3.05, 3.63) is 400 Å². The summed E-state index contributed by atoms with van der Waals surface area (Å²) in [5.41, 5.74) is 29.1. The third-order valence-electron chi connectivity index (χ3n) is 21.2. The molecule has 0 aromatic heterocycles. The lowest BCUT2D eigenvalue weighted by molar-refractivity contribution is 0.447. The van der Waals surface area contributed by atoms with E-state index >= 15 is 0 Å². The highest BCUT2D eigenvalue weighted by atomic mass is 16.5. The summed E-state index contributed by atoms with van der Waals surface area (Å²) in [6.07, 6.45) is 0. The number of rotatable bonds is 6. The van der Waals surface area contributed by atoms with E-state index in [-0.39, 0.29) is 0 Å². The van der Waals surface area contributed by atoms with Crippen molar-refractivity contribution in [3.8, 4) is 67.1 Å². The average molecular weight is 1150 g/mol. The zero-order valence-electron chi connectivity index (χ0n) is 49.6. The molecule has 5 aliphatic rings. The molecule has 0 amide bonds. The molecule has 2 spiro atoms. The minimum Gasteiger partial charge on any atom is -0.455 e. The van der Waals surface area contributed by atoms with Gasteiger partial charge in [0.2, 0.25) is 0 Å². The molecule has 422 valence electrons. The summed E-state index contributed by atoms with van der Waals surface area (Å²) in [6.45, 7) is 0. The quantitative estimate of drug-likeness (QED) is 0.165. The summed E-state index contributed by atoms with van der Waals surface area (Å²) in [5, 5.41) is 4.54. The molecule has 0 N–H and O–H groups in total. The van der Waals surface area contributed by atoms with Gasteiger partial charge in [0.05, 0.1) is 21.9 Å². The van der Waals surface area contributed by atoms with Gasteiger partial charge in [0.15, 0.2) is 0 Å². The highest BCUT2D eigenvalue weighted by Gasteiger charge is 2.55. The Balaban J connectivity index is 0.828. The smallest absolute Gasteiger partial charge is 0.140 e. The van der Waals surface area contributed by atoms with Crippen molar-refractivity contribution in [3.63, 3.8) is 0 Å². The van der Waals surface area contributed by atoms with Crippen LogP contribution in [-0.4, -0.2) is 0 Å². The van der Waals surface area contributed by atoms with Crippen LogP contribution in [0, 0.1) is 0 Å². The maximum absolute atomic E-state index is 7.34. The Hall–Kier alpha value is -11.6. The van der Waals surface area contributed by atoms with E-state index in [4.69, 9.17) is 4.74 Å². The van der Waals surface area contributed by atoms with Crippen LogP contribution < -0.4 is 9.64 Å². The standard InChI is InChI=1S/C89H55NO/c1-3-25-59(26-4-1)87(60-27-5-2-6-28-60)72-37-16-11-33-68(72)69-52-51-62(55-81(69)87)90(82-44-22-43-78-84(82)71-35-15-20-41-76(71)88(78)73-38-17-12-31-66(73)67-32-13-18-39-74(67)88)61-49-45-58(46-50-61)63-36-21-42-77-83(63)70-34-14-19-40-75(70)89(77)79-53-47-56-23-7-9-29-64(56)85(79)91-86-65-30-10-8-24-57(65)48-54-80(86)89/h1-55H. The zero-order valence-corrected chi connectivity index (χ0v) is 49.6. The van der Waals surface area contributed by atoms with E-state index in [9.17, 15) is 0 Å². The molecule has 2 heteroatoms. The fourth-order valence-corrected chi connectivity index (χ4v) is 17.8. The Morgan fingerprint density at radius 3 is 1.19 bits per heavy atom. The minimum absolute atomic E-state index is 0.521. The Morgan fingerprint density at radius 1 is 0.231 bits per heavy atom. The number of nitrogens with zero attached hydrogens (tertiary/aromatic N) is 1. The molecule has 0 radical (unpaired) electrons. The van der Waals surface area contributed by atoms with Crippen LogP contribution in [0.3, 0.4) is 0 Å². The molecule has 15 aromatic rings. The predicted molar refractivity (Wildman–Crippen MR) is 373 cm³/mol. The lowest BCUT2D eigenvalue weighted by atomic mass is 9.65. The van der Waals surface area contributed by atoms with Gasteiger partial charge in [0, 0.05) is 38.8 Å². The number of hydrogen-bond donors (Lipinski definition) is 0. The van der Waals surface area contributed by atoms with Crippen molar-refractivity contribution >= 4 is 38.6 Å². The largest absolute Gasteiger partial charge is 0.455 e. The van der Waals surface area contributed by atoms with Crippen LogP contribution in [0.5, 0.6) is 11.5 Å². The highest BCUT2D eigenvalue weighted by molar-refractivity contribution is 6.05. The molecular formula is C89H55NO. The molecule has 20 rings (SSSR count). The number of fused-ring (bicyclic) bond motifs is 26. The molecule has 1 heterocycles. The van der Waals surface area contributed by atoms with Crippen LogP contribution in [-0.2, 0) is 16.2 Å². The summed E-state index contributed by atoms with van der Waals surface area (Å²) >= 11 is 0. The van der Waals surface area contributed by atoms with Gasteiger partial charge >= 0.3 is 0 Å². The first-order valence-corrected chi connectivity index (χ1v) is 31.8. The normalized spacial score (nSPS) is 14.5. The molecule has 0 bridgehead atoms. The van der Waals surface area contributed by atoms with Crippen LogP contribution in [0.15, 0.2) is 334 Å². The Bertz CT molecular complexity index is 5410. The number of hydrogen-bond acceptors (Lipinski definition) is 2. The van der Waals surface area contributed by atoms with Crippen molar-refractivity contribution in [2.45, 2.75) is 16.2 Å². The molecule has 15 aromatic carbocycles. The topological polar surface area (TPSA) is 12.5 Å². The van der Waals surface area contributed by atoms with Gasteiger partial charge in [-0.1, -0.05) is 303 Å². The van der Waals surface area contributed by atoms with E-state index in [1.165, 1.54) is 106 Å². The number of ether oxygens (including phenoxy) is 1. The SMILES string of the molecule is c1ccc(C2(c3ccccc3)c3ccccc3-c3ccc(N(c4ccc(-c5cccc6c5-c5ccccc5C65c6ccc7ccccc7c6Oc6c5ccc5ccccc65)cc4)c4cccc5c4-c4ccccc4C54c5ccccc5-c5ccccc54)cc32)cc1. The number of benzene rings is 15. The van der Waals surface area contributed by atoms with E-state index in [1.807, 2.05) is 0 Å². The lowest BCUT2D eigenvalue weighted by Crippen LogP contribution is -2.32. The molecule has 0 atom stereocenters. The first kappa shape index (κ1) is 50.4. The molecule has 91 heavy (non-hydrogen) atoms. The molecular weight excluding hydrogens is 1100 g/mol. The third-order valence-corrected chi connectivity index (χ3v) is 21.2. The van der Waals surface area contributed by atoms with Crippen LogP contribution in [0.4, 0.5) is 17.1 Å². The fourth-order valence-electron chi connectivity index (χ4n) is 17.8. The van der Waals surface area contributed by atoms with E-state index in [1.54, 1.807) is 0 Å². The van der Waals surface area contributed by atoms with Crippen molar-refractivity contribution in [1.82, 2.24) is 0 Å². The lowest BCUT2D eigenvalue weighted by Gasteiger charge is -2.40. The Morgan fingerprint density at radius 2 is 0.626 bits per heavy atom.